The van der Waals surface area contributed by atoms with Gasteiger partial charge in [0.2, 0.25) is 0 Å². The minimum atomic E-state index is -0.256. The topological polar surface area (TPSA) is 24.9 Å². The lowest BCUT2D eigenvalue weighted by molar-refractivity contribution is 0.612. The van der Waals surface area contributed by atoms with Gasteiger partial charge in [-0.25, -0.2) is 9.37 Å². The van der Waals surface area contributed by atoms with Gasteiger partial charge in [0.1, 0.15) is 5.82 Å². The molecule has 0 saturated carbocycles. The summed E-state index contributed by atoms with van der Waals surface area (Å²) in [5.41, 5.74) is 2.29. The van der Waals surface area contributed by atoms with Crippen LogP contribution in [-0.2, 0) is 6.54 Å². The molecule has 0 bridgehead atoms. The van der Waals surface area contributed by atoms with Crippen molar-refractivity contribution in [2.24, 2.45) is 0 Å². The molecule has 1 aromatic heterocycles. The van der Waals surface area contributed by atoms with Crippen molar-refractivity contribution in [2.45, 2.75) is 13.5 Å². The van der Waals surface area contributed by atoms with Crippen molar-refractivity contribution >= 4 is 33.2 Å². The van der Waals surface area contributed by atoms with E-state index in [-0.39, 0.29) is 5.82 Å². The molecule has 0 spiro atoms. The van der Waals surface area contributed by atoms with Gasteiger partial charge in [0.05, 0.1) is 5.69 Å². The lowest BCUT2D eigenvalue weighted by Gasteiger charge is -2.09. The second-order valence-corrected chi connectivity index (χ2v) is 5.21. The Morgan fingerprint density at radius 3 is 2.89 bits per heavy atom. The summed E-state index contributed by atoms with van der Waals surface area (Å²) in [4.78, 5) is 4.03. The van der Waals surface area contributed by atoms with Crippen molar-refractivity contribution in [3.8, 4) is 0 Å². The van der Waals surface area contributed by atoms with Crippen LogP contribution in [0.25, 0.3) is 0 Å². The maximum Gasteiger partial charge on any atom is 0.152 e. The fourth-order valence-corrected chi connectivity index (χ4v) is 2.04. The zero-order chi connectivity index (χ0) is 13.1. The van der Waals surface area contributed by atoms with E-state index in [0.29, 0.717) is 22.9 Å². The third kappa shape index (κ3) is 3.21. The second-order valence-electron chi connectivity index (χ2n) is 3.94. The molecule has 18 heavy (non-hydrogen) atoms. The predicted molar refractivity (Wildman–Crippen MR) is 75.4 cm³/mol. The Morgan fingerprint density at radius 2 is 2.17 bits per heavy atom. The largest absolute Gasteiger partial charge is 0.378 e. The fraction of sp³-hybridized carbons (Fsp3) is 0.154. The number of hydrogen-bond acceptors (Lipinski definition) is 2. The van der Waals surface area contributed by atoms with Gasteiger partial charge < -0.3 is 5.32 Å². The summed E-state index contributed by atoms with van der Waals surface area (Å²) >= 11 is 9.17. The molecule has 0 radical (unpaired) electrons. The summed E-state index contributed by atoms with van der Waals surface area (Å²) in [6.45, 7) is 2.29. The van der Waals surface area contributed by atoms with Crippen LogP contribution < -0.4 is 5.32 Å². The number of halogens is 3. The molecular formula is C13H11BrClFN2. The molecule has 1 N–H and O–H groups in total. The van der Waals surface area contributed by atoms with Gasteiger partial charge in [-0.2, -0.15) is 0 Å². The SMILES string of the molecule is Cc1cnc(Cl)c(NCc2ccc(Br)cc2F)c1. The summed E-state index contributed by atoms with van der Waals surface area (Å²) in [6, 6.07) is 6.85. The summed E-state index contributed by atoms with van der Waals surface area (Å²) < 4.78 is 14.3. The van der Waals surface area contributed by atoms with Crippen LogP contribution in [0.2, 0.25) is 5.15 Å². The molecule has 94 valence electrons. The number of aromatic nitrogens is 1. The van der Waals surface area contributed by atoms with E-state index in [9.17, 15) is 4.39 Å². The molecule has 2 nitrogen and oxygen atoms in total. The van der Waals surface area contributed by atoms with Crippen LogP contribution in [0.15, 0.2) is 34.9 Å². The fourth-order valence-electron chi connectivity index (χ4n) is 1.53. The van der Waals surface area contributed by atoms with Gasteiger partial charge >= 0.3 is 0 Å². The normalized spacial score (nSPS) is 10.4. The third-order valence-electron chi connectivity index (χ3n) is 2.46. The Balaban J connectivity index is 2.13. The molecule has 2 rings (SSSR count). The molecule has 0 saturated heterocycles. The van der Waals surface area contributed by atoms with E-state index in [4.69, 9.17) is 11.6 Å². The first-order valence-electron chi connectivity index (χ1n) is 5.36. The van der Waals surface area contributed by atoms with Crippen LogP contribution >= 0.6 is 27.5 Å². The molecule has 0 aliphatic rings. The molecule has 0 atom stereocenters. The Labute approximate surface area is 118 Å². The number of anilines is 1. The highest BCUT2D eigenvalue weighted by Gasteiger charge is 2.05. The van der Waals surface area contributed by atoms with E-state index in [1.54, 1.807) is 18.3 Å². The average molecular weight is 330 g/mol. The van der Waals surface area contributed by atoms with E-state index >= 15 is 0 Å². The van der Waals surface area contributed by atoms with Crippen molar-refractivity contribution in [2.75, 3.05) is 5.32 Å². The van der Waals surface area contributed by atoms with E-state index in [0.717, 1.165) is 10.0 Å². The molecule has 5 heteroatoms. The van der Waals surface area contributed by atoms with Crippen molar-refractivity contribution in [3.63, 3.8) is 0 Å². The lowest BCUT2D eigenvalue weighted by Crippen LogP contribution is -2.03. The summed E-state index contributed by atoms with van der Waals surface area (Å²) in [6.07, 6.45) is 1.69. The van der Waals surface area contributed by atoms with Crippen molar-refractivity contribution in [3.05, 3.63) is 57.0 Å². The standard InChI is InChI=1S/C13H11BrClFN2/c1-8-4-12(13(15)18-6-8)17-7-9-2-3-10(14)5-11(9)16/h2-6,17H,7H2,1H3. The lowest BCUT2D eigenvalue weighted by atomic mass is 10.2. The highest BCUT2D eigenvalue weighted by molar-refractivity contribution is 9.10. The molecule has 0 fully saturated rings. The minimum Gasteiger partial charge on any atom is -0.378 e. The summed E-state index contributed by atoms with van der Waals surface area (Å²) in [5, 5.41) is 3.47. The maximum atomic E-state index is 13.6. The molecule has 0 amide bonds. The maximum absolute atomic E-state index is 13.6. The van der Waals surface area contributed by atoms with Crippen molar-refractivity contribution in [1.29, 1.82) is 0 Å². The van der Waals surface area contributed by atoms with Gasteiger partial charge in [-0.3, -0.25) is 0 Å². The number of hydrogen-bond donors (Lipinski definition) is 1. The molecule has 0 unspecified atom stereocenters. The predicted octanol–water partition coefficient (Wildman–Crippen LogP) is 4.56. The summed E-state index contributed by atoms with van der Waals surface area (Å²) in [7, 11) is 0. The van der Waals surface area contributed by atoms with Crippen LogP contribution in [-0.4, -0.2) is 4.98 Å². The van der Waals surface area contributed by atoms with Gasteiger partial charge in [0.25, 0.3) is 0 Å². The van der Waals surface area contributed by atoms with Gasteiger partial charge in [-0.05, 0) is 30.7 Å². The van der Waals surface area contributed by atoms with E-state index in [2.05, 4.69) is 26.2 Å². The van der Waals surface area contributed by atoms with Crippen LogP contribution in [0, 0.1) is 12.7 Å². The average Bonchev–Trinajstić information content (AvgIpc) is 2.32. The Bertz CT molecular complexity index is 575. The quantitative estimate of drug-likeness (QED) is 0.835. The number of nitrogens with zero attached hydrogens (tertiary/aromatic N) is 1. The Kier molecular flexibility index (Phi) is 4.19. The van der Waals surface area contributed by atoms with E-state index in [1.165, 1.54) is 6.07 Å². The third-order valence-corrected chi connectivity index (χ3v) is 3.25. The van der Waals surface area contributed by atoms with Crippen molar-refractivity contribution in [1.82, 2.24) is 4.98 Å². The number of nitrogens with one attached hydrogen (secondary N) is 1. The highest BCUT2D eigenvalue weighted by atomic mass is 79.9. The second kappa shape index (κ2) is 5.67. The van der Waals surface area contributed by atoms with E-state index in [1.807, 2.05) is 13.0 Å². The number of rotatable bonds is 3. The van der Waals surface area contributed by atoms with Crippen molar-refractivity contribution < 1.29 is 4.39 Å². The zero-order valence-corrected chi connectivity index (χ0v) is 12.0. The number of benzene rings is 1. The molecule has 1 heterocycles. The van der Waals surface area contributed by atoms with Crippen LogP contribution in [0.5, 0.6) is 0 Å². The molecule has 0 aliphatic carbocycles. The molecular weight excluding hydrogens is 319 g/mol. The zero-order valence-electron chi connectivity index (χ0n) is 9.67. The van der Waals surface area contributed by atoms with Crippen LogP contribution in [0.4, 0.5) is 10.1 Å². The Morgan fingerprint density at radius 1 is 1.39 bits per heavy atom. The highest BCUT2D eigenvalue weighted by Crippen LogP contribution is 2.22. The minimum absolute atomic E-state index is 0.256. The van der Waals surface area contributed by atoms with Gasteiger partial charge in [-0.1, -0.05) is 33.6 Å². The molecule has 2 aromatic rings. The first-order valence-corrected chi connectivity index (χ1v) is 6.53. The summed E-state index contributed by atoms with van der Waals surface area (Å²) in [5.74, 6) is -0.256. The van der Waals surface area contributed by atoms with Gasteiger partial charge in [0, 0.05) is 22.8 Å². The Hall–Kier alpha value is -1.13. The number of aryl methyl sites for hydroxylation is 1. The van der Waals surface area contributed by atoms with Crippen LogP contribution in [0.1, 0.15) is 11.1 Å². The van der Waals surface area contributed by atoms with Gasteiger partial charge in [0.15, 0.2) is 5.15 Å². The van der Waals surface area contributed by atoms with Gasteiger partial charge in [-0.15, -0.1) is 0 Å². The van der Waals surface area contributed by atoms with E-state index < -0.39 is 0 Å². The molecule has 0 aliphatic heterocycles. The first kappa shape index (κ1) is 13.3. The monoisotopic (exact) mass is 328 g/mol. The first-order chi connectivity index (χ1) is 8.56. The van der Waals surface area contributed by atoms with Crippen LogP contribution in [0.3, 0.4) is 0 Å². The smallest absolute Gasteiger partial charge is 0.152 e. The molecule has 1 aromatic carbocycles. The number of pyridine rings is 1.